The van der Waals surface area contributed by atoms with Gasteiger partial charge >= 0.3 is 6.54 Å². The van der Waals surface area contributed by atoms with Crippen LogP contribution in [0, 0.1) is 0 Å². The van der Waals surface area contributed by atoms with Crippen molar-refractivity contribution in [2.75, 3.05) is 29.8 Å². The third kappa shape index (κ3) is 19.0. The van der Waals surface area contributed by atoms with Crippen molar-refractivity contribution in [3.05, 3.63) is 50.6 Å². The first-order valence-corrected chi connectivity index (χ1v) is 14.0. The largest absolute Gasteiger partial charge is 0.338 e. The van der Waals surface area contributed by atoms with Crippen molar-refractivity contribution in [2.24, 2.45) is 0 Å². The van der Waals surface area contributed by atoms with Gasteiger partial charge in [0.25, 0.3) is 40.5 Å². The van der Waals surface area contributed by atoms with E-state index >= 15 is 0 Å². The van der Waals surface area contributed by atoms with Crippen molar-refractivity contribution in [1.29, 1.82) is 0 Å². The van der Waals surface area contributed by atoms with Gasteiger partial charge in [0.2, 0.25) is 0 Å². The monoisotopic (exact) mass is 530 g/mol. The van der Waals surface area contributed by atoms with Gasteiger partial charge < -0.3 is 0 Å². The first-order valence-electron chi connectivity index (χ1n) is 7.69. The standard InChI is InChI=1S/C7H11FO6S2.C7H12O6S2/c1-3-5-15(9,10)13-7(8)14-16(11,12)6-4-2;1-3-5-14(8,9)12-7-13-15(10,11)6-4-2/h3-4,7H,1-2,5-6H2;3-4H,1-2,5-7H2. The molecule has 0 aromatic rings. The van der Waals surface area contributed by atoms with Crippen molar-refractivity contribution >= 4 is 40.5 Å². The molecule has 0 unspecified atom stereocenters. The van der Waals surface area contributed by atoms with E-state index in [1.165, 1.54) is 0 Å². The summed E-state index contributed by atoms with van der Waals surface area (Å²) in [5.41, 5.74) is 0. The molecule has 0 spiro atoms. The van der Waals surface area contributed by atoms with Gasteiger partial charge in [-0.1, -0.05) is 24.3 Å². The molecule has 31 heavy (non-hydrogen) atoms. The summed E-state index contributed by atoms with van der Waals surface area (Å²) in [6.45, 7) is 8.83. The summed E-state index contributed by atoms with van der Waals surface area (Å²) >= 11 is 0. The zero-order chi connectivity index (χ0) is 24.8. The van der Waals surface area contributed by atoms with Crippen LogP contribution in [0.1, 0.15) is 0 Å². The molecule has 0 bridgehead atoms. The van der Waals surface area contributed by atoms with Crippen LogP contribution >= 0.6 is 0 Å². The Morgan fingerprint density at radius 2 is 0.839 bits per heavy atom. The number of hydrogen-bond donors (Lipinski definition) is 0. The van der Waals surface area contributed by atoms with Crippen LogP contribution < -0.4 is 0 Å². The van der Waals surface area contributed by atoms with Crippen molar-refractivity contribution in [2.45, 2.75) is 6.54 Å². The number of halogens is 1. The molecule has 0 aliphatic carbocycles. The van der Waals surface area contributed by atoms with E-state index < -0.39 is 76.8 Å². The summed E-state index contributed by atoms with van der Waals surface area (Å²) in [4.78, 5) is 0. The van der Waals surface area contributed by atoms with E-state index in [-0.39, 0.29) is 0 Å². The fraction of sp³-hybridized carbons (Fsp3) is 0.429. The van der Waals surface area contributed by atoms with Crippen molar-refractivity contribution in [3.63, 3.8) is 0 Å². The second-order valence-electron chi connectivity index (χ2n) is 4.87. The van der Waals surface area contributed by atoms with Crippen molar-refractivity contribution < 1.29 is 54.8 Å². The lowest BCUT2D eigenvalue weighted by Gasteiger charge is -2.08. The van der Waals surface area contributed by atoms with Gasteiger partial charge in [0, 0.05) is 0 Å². The predicted molar refractivity (Wildman–Crippen MR) is 110 cm³/mol. The van der Waals surface area contributed by atoms with E-state index in [2.05, 4.69) is 43.0 Å². The molecule has 0 heterocycles. The minimum Gasteiger partial charge on any atom is -0.240 e. The minimum absolute atomic E-state index is 0.405. The first-order chi connectivity index (χ1) is 14.1. The lowest BCUT2D eigenvalue weighted by molar-refractivity contribution is -0.0887. The molecule has 0 aromatic carbocycles. The number of rotatable bonds is 16. The van der Waals surface area contributed by atoms with Crippen LogP contribution in [-0.4, -0.2) is 70.0 Å². The molecule has 12 nitrogen and oxygen atoms in total. The fourth-order valence-corrected chi connectivity index (χ4v) is 3.71. The molecule has 0 saturated carbocycles. The van der Waals surface area contributed by atoms with Crippen molar-refractivity contribution in [3.8, 4) is 0 Å². The van der Waals surface area contributed by atoms with E-state index in [1.807, 2.05) is 0 Å². The van der Waals surface area contributed by atoms with Gasteiger partial charge in [-0.2, -0.15) is 38.1 Å². The molecule has 0 fully saturated rings. The van der Waals surface area contributed by atoms with Gasteiger partial charge in [-0.05, 0) is 0 Å². The average Bonchev–Trinajstić information content (AvgIpc) is 2.52. The van der Waals surface area contributed by atoms with E-state index in [1.54, 1.807) is 0 Å². The summed E-state index contributed by atoms with van der Waals surface area (Å²) in [5, 5.41) is 0. The maximum atomic E-state index is 12.8. The quantitative estimate of drug-likeness (QED) is 0.152. The van der Waals surface area contributed by atoms with Crippen LogP contribution in [0.25, 0.3) is 0 Å². The Balaban J connectivity index is 0. The highest BCUT2D eigenvalue weighted by atomic mass is 32.2. The summed E-state index contributed by atoms with van der Waals surface area (Å²) in [6.07, 6.45) is 4.15. The Morgan fingerprint density at radius 3 is 1.10 bits per heavy atom. The Labute approximate surface area is 182 Å². The van der Waals surface area contributed by atoms with Gasteiger partial charge in [-0.25, -0.2) is 16.7 Å². The maximum absolute atomic E-state index is 12.8. The Bertz CT molecular complexity index is 929. The SMILES string of the molecule is C=CCS(=O)(=O)OC(F)OS(=O)(=O)CC=C.C=CCS(=O)(=O)OCOS(=O)(=O)CC=C. The summed E-state index contributed by atoms with van der Waals surface area (Å²) in [7, 11) is -16.1. The van der Waals surface area contributed by atoms with Crippen LogP contribution in [0.4, 0.5) is 4.39 Å². The molecule has 0 saturated heterocycles. The normalized spacial score (nSPS) is 12.5. The van der Waals surface area contributed by atoms with Gasteiger partial charge in [0.05, 0.1) is 23.0 Å². The van der Waals surface area contributed by atoms with Crippen LogP contribution in [0.3, 0.4) is 0 Å². The Kier molecular flexibility index (Phi) is 14.9. The summed E-state index contributed by atoms with van der Waals surface area (Å²) < 4.78 is 116. The maximum Gasteiger partial charge on any atom is 0.338 e. The molecular formula is C14H23FO12S4. The van der Waals surface area contributed by atoms with Gasteiger partial charge in [0.1, 0.15) is 0 Å². The first kappa shape index (κ1) is 31.7. The molecule has 0 rings (SSSR count). The van der Waals surface area contributed by atoms with E-state index in [4.69, 9.17) is 0 Å². The highest BCUT2D eigenvalue weighted by molar-refractivity contribution is 7.88. The lowest BCUT2D eigenvalue weighted by Crippen LogP contribution is -2.23. The minimum atomic E-state index is -4.23. The van der Waals surface area contributed by atoms with Gasteiger partial charge in [-0.15, -0.1) is 26.3 Å². The molecule has 0 atom stereocenters. The predicted octanol–water partition coefficient (Wildman–Crippen LogP) is 0.313. The van der Waals surface area contributed by atoms with Crippen molar-refractivity contribution in [1.82, 2.24) is 0 Å². The second-order valence-corrected chi connectivity index (χ2v) is 11.5. The molecule has 0 aliphatic heterocycles. The van der Waals surface area contributed by atoms with Crippen LogP contribution in [0.2, 0.25) is 0 Å². The highest BCUT2D eigenvalue weighted by Gasteiger charge is 2.23. The zero-order valence-electron chi connectivity index (χ0n) is 16.2. The fourth-order valence-electron chi connectivity index (χ4n) is 1.16. The number of hydrogen-bond acceptors (Lipinski definition) is 12. The van der Waals surface area contributed by atoms with E-state index in [0.29, 0.717) is 0 Å². The average molecular weight is 531 g/mol. The molecule has 0 aromatic heterocycles. The van der Waals surface area contributed by atoms with E-state index in [0.717, 1.165) is 24.3 Å². The van der Waals surface area contributed by atoms with Gasteiger partial charge in [0.15, 0.2) is 6.79 Å². The third-order valence-electron chi connectivity index (χ3n) is 2.19. The molecule has 0 radical (unpaired) electrons. The molecule has 17 heteroatoms. The number of alkyl halides is 1. The van der Waals surface area contributed by atoms with E-state index in [9.17, 15) is 38.1 Å². The molecule has 0 N–H and O–H groups in total. The second kappa shape index (κ2) is 14.6. The molecule has 0 amide bonds. The summed E-state index contributed by atoms with van der Waals surface area (Å²) in [6, 6.07) is 0. The van der Waals surface area contributed by atoms with Crippen LogP contribution in [0.15, 0.2) is 50.6 Å². The highest BCUT2D eigenvalue weighted by Crippen LogP contribution is 2.08. The molecular weight excluding hydrogens is 507 g/mol. The van der Waals surface area contributed by atoms with Crippen LogP contribution in [0.5, 0.6) is 0 Å². The third-order valence-corrected chi connectivity index (χ3v) is 6.56. The van der Waals surface area contributed by atoms with Gasteiger partial charge in [-0.3, -0.25) is 0 Å². The topological polar surface area (TPSA) is 173 Å². The molecule has 0 aliphatic rings. The smallest absolute Gasteiger partial charge is 0.240 e. The molecule has 182 valence electrons. The Hall–Kier alpha value is -1.47. The Morgan fingerprint density at radius 1 is 0.581 bits per heavy atom. The lowest BCUT2D eigenvalue weighted by atomic mass is 10.8. The summed E-state index contributed by atoms with van der Waals surface area (Å²) in [5.74, 6) is -2.12. The zero-order valence-corrected chi connectivity index (χ0v) is 19.4. The van der Waals surface area contributed by atoms with Crippen LogP contribution in [-0.2, 0) is 57.2 Å².